The number of aromatic hydroxyl groups is 2. The molecule has 29 heavy (non-hydrogen) atoms. The molecule has 0 bridgehead atoms. The van der Waals surface area contributed by atoms with Gasteiger partial charge in [0.15, 0.2) is 4.75 Å². The van der Waals surface area contributed by atoms with E-state index in [4.69, 9.17) is 46.4 Å². The largest absolute Gasteiger partial charge is 0.508 e. The molecule has 0 aliphatic carbocycles. The summed E-state index contributed by atoms with van der Waals surface area (Å²) < 4.78 is 33.9. The van der Waals surface area contributed by atoms with E-state index in [1.165, 1.54) is 42.5 Å². The van der Waals surface area contributed by atoms with Crippen molar-refractivity contribution in [2.75, 3.05) is 0 Å². The molecule has 0 saturated heterocycles. The highest BCUT2D eigenvalue weighted by atomic mass is 35.5. The second-order valence-corrected chi connectivity index (χ2v) is 9.25. The Labute approximate surface area is 186 Å². The summed E-state index contributed by atoms with van der Waals surface area (Å²) in [5.41, 5.74) is -0.601. The maximum atomic E-state index is 13.0. The third kappa shape index (κ3) is 3.65. The van der Waals surface area contributed by atoms with Gasteiger partial charge in [-0.05, 0) is 29.8 Å². The van der Waals surface area contributed by atoms with E-state index in [1.54, 1.807) is 0 Å². The molecule has 0 radical (unpaired) electrons. The Balaban J connectivity index is 2.63. The summed E-state index contributed by atoms with van der Waals surface area (Å²) in [6, 6.07) is 11.5. The number of hydrogen-bond acceptors (Lipinski definition) is 4. The maximum Gasteiger partial charge on any atom is 0.283 e. The Hall–Kier alpha value is -1.67. The highest BCUT2D eigenvalue weighted by Gasteiger charge is 2.51. The molecule has 0 spiro atoms. The predicted octanol–water partition coefficient (Wildman–Crippen LogP) is 5.89. The smallest absolute Gasteiger partial charge is 0.283 e. The third-order valence-corrected chi connectivity index (χ3v) is 7.38. The van der Waals surface area contributed by atoms with Gasteiger partial charge in [0.25, 0.3) is 10.1 Å². The normalized spacial score (nSPS) is 13.8. The van der Waals surface area contributed by atoms with Crippen molar-refractivity contribution in [2.24, 2.45) is 0 Å². The Morgan fingerprint density at radius 1 is 0.759 bits per heavy atom. The van der Waals surface area contributed by atoms with Crippen LogP contribution in [-0.2, 0) is 14.9 Å². The van der Waals surface area contributed by atoms with Crippen LogP contribution in [0.3, 0.4) is 0 Å². The van der Waals surface area contributed by atoms with Crippen LogP contribution in [0.1, 0.15) is 16.7 Å². The van der Waals surface area contributed by atoms with Crippen molar-refractivity contribution in [3.8, 4) is 11.5 Å². The maximum absolute atomic E-state index is 13.0. The summed E-state index contributed by atoms with van der Waals surface area (Å²) in [4.78, 5) is 0. The highest BCUT2D eigenvalue weighted by Crippen LogP contribution is 2.51. The van der Waals surface area contributed by atoms with Gasteiger partial charge in [0.1, 0.15) is 11.5 Å². The Kier molecular flexibility index (Phi) is 5.98. The highest BCUT2D eigenvalue weighted by molar-refractivity contribution is 7.87. The van der Waals surface area contributed by atoms with Crippen LogP contribution in [0.2, 0.25) is 20.1 Å². The second-order valence-electron chi connectivity index (χ2n) is 6.09. The van der Waals surface area contributed by atoms with E-state index in [2.05, 4.69) is 0 Å². The average Bonchev–Trinajstić information content (AvgIpc) is 2.62. The van der Waals surface area contributed by atoms with E-state index >= 15 is 0 Å². The van der Waals surface area contributed by atoms with Crippen LogP contribution in [0.5, 0.6) is 11.5 Å². The zero-order valence-corrected chi connectivity index (χ0v) is 18.1. The quantitative estimate of drug-likeness (QED) is 0.311. The fourth-order valence-electron chi connectivity index (χ4n) is 3.20. The molecule has 0 saturated carbocycles. The number of benzene rings is 3. The number of para-hydroxylation sites is 1. The minimum atomic E-state index is -5.11. The lowest BCUT2D eigenvalue weighted by atomic mass is 9.83. The SMILES string of the molecule is O=S(=O)(O)C(c1ccc(Cl)c(Cl)c1)(c1ccccc1O)c1cc(O)cc(Cl)c1Cl. The molecule has 1 atom stereocenters. The standard InChI is InChI=1S/C19H12Cl4O5S/c20-14-6-5-10(7-15(14)21)19(29(26,27)28,12-3-1-2-4-17(12)25)13-8-11(24)9-16(22)18(13)23/h1-9,24-25H,(H,26,27,28). The summed E-state index contributed by atoms with van der Waals surface area (Å²) in [6.07, 6.45) is 0. The first-order chi connectivity index (χ1) is 13.5. The van der Waals surface area contributed by atoms with Gasteiger partial charge in [-0.25, -0.2) is 0 Å². The molecular weight excluding hydrogens is 482 g/mol. The van der Waals surface area contributed by atoms with E-state index in [-0.39, 0.29) is 36.8 Å². The van der Waals surface area contributed by atoms with Crippen molar-refractivity contribution in [1.82, 2.24) is 0 Å². The van der Waals surface area contributed by atoms with Crippen LogP contribution in [0, 0.1) is 0 Å². The lowest BCUT2D eigenvalue weighted by Crippen LogP contribution is -2.38. The summed E-state index contributed by atoms with van der Waals surface area (Å²) in [7, 11) is -5.11. The van der Waals surface area contributed by atoms with Crippen LogP contribution in [0.4, 0.5) is 0 Å². The van der Waals surface area contributed by atoms with Crippen molar-refractivity contribution < 1.29 is 23.2 Å². The molecule has 3 aromatic carbocycles. The molecule has 152 valence electrons. The van der Waals surface area contributed by atoms with Crippen molar-refractivity contribution in [3.63, 3.8) is 0 Å². The molecule has 3 rings (SSSR count). The number of phenols is 2. The molecular formula is C19H12Cl4O5S. The number of halogens is 4. The molecule has 1 unspecified atom stereocenters. The van der Waals surface area contributed by atoms with E-state index in [0.717, 1.165) is 12.1 Å². The van der Waals surface area contributed by atoms with E-state index < -0.39 is 26.4 Å². The molecule has 3 N–H and O–H groups in total. The van der Waals surface area contributed by atoms with Crippen molar-refractivity contribution in [3.05, 3.63) is 91.4 Å². The second kappa shape index (κ2) is 7.87. The summed E-state index contributed by atoms with van der Waals surface area (Å²) in [5, 5.41) is 20.3. The van der Waals surface area contributed by atoms with E-state index in [9.17, 15) is 23.2 Å². The number of phenolic OH excluding ortho intramolecular Hbond substituents is 2. The zero-order chi connectivity index (χ0) is 21.6. The van der Waals surface area contributed by atoms with Crippen LogP contribution in [0.15, 0.2) is 54.6 Å². The molecule has 10 heteroatoms. The van der Waals surface area contributed by atoms with Gasteiger partial charge in [-0.1, -0.05) is 70.7 Å². The molecule has 0 aliphatic heterocycles. The summed E-state index contributed by atoms with van der Waals surface area (Å²) in [5.74, 6) is -0.857. The van der Waals surface area contributed by atoms with Crippen molar-refractivity contribution in [2.45, 2.75) is 4.75 Å². The first-order valence-corrected chi connectivity index (χ1v) is 10.8. The molecule has 3 aromatic rings. The van der Waals surface area contributed by atoms with Crippen LogP contribution in [0.25, 0.3) is 0 Å². The summed E-state index contributed by atoms with van der Waals surface area (Å²) >= 11 is 24.5. The van der Waals surface area contributed by atoms with Crippen LogP contribution < -0.4 is 0 Å². The van der Waals surface area contributed by atoms with Gasteiger partial charge in [-0.2, -0.15) is 8.42 Å². The van der Waals surface area contributed by atoms with Gasteiger partial charge in [-0.3, -0.25) is 4.55 Å². The lowest BCUT2D eigenvalue weighted by Gasteiger charge is -2.34. The number of rotatable bonds is 4. The first kappa shape index (κ1) is 22.0. The van der Waals surface area contributed by atoms with Gasteiger partial charge in [0.2, 0.25) is 0 Å². The summed E-state index contributed by atoms with van der Waals surface area (Å²) in [6.45, 7) is 0. The molecule has 0 amide bonds. The van der Waals surface area contributed by atoms with Crippen molar-refractivity contribution >= 4 is 56.5 Å². The monoisotopic (exact) mass is 492 g/mol. The van der Waals surface area contributed by atoms with Gasteiger partial charge >= 0.3 is 0 Å². The molecule has 0 fully saturated rings. The van der Waals surface area contributed by atoms with Gasteiger partial charge in [0, 0.05) is 17.2 Å². The number of hydrogen-bond donors (Lipinski definition) is 3. The zero-order valence-electron chi connectivity index (χ0n) is 14.3. The Morgan fingerprint density at radius 3 is 2.00 bits per heavy atom. The fourth-order valence-corrected chi connectivity index (χ4v) is 5.33. The van der Waals surface area contributed by atoms with Gasteiger partial charge < -0.3 is 10.2 Å². The minimum Gasteiger partial charge on any atom is -0.508 e. The third-order valence-electron chi connectivity index (χ3n) is 4.39. The van der Waals surface area contributed by atoms with E-state index in [0.29, 0.717) is 0 Å². The predicted molar refractivity (Wildman–Crippen MR) is 114 cm³/mol. The minimum absolute atomic E-state index is 0.00464. The fraction of sp³-hybridized carbons (Fsp3) is 0.0526. The Morgan fingerprint density at radius 2 is 1.41 bits per heavy atom. The first-order valence-electron chi connectivity index (χ1n) is 7.89. The Bertz CT molecular complexity index is 1210. The van der Waals surface area contributed by atoms with Crippen molar-refractivity contribution in [1.29, 1.82) is 0 Å². The molecule has 0 heterocycles. The van der Waals surface area contributed by atoms with E-state index in [1.807, 2.05) is 0 Å². The van der Waals surface area contributed by atoms with Gasteiger partial charge in [-0.15, -0.1) is 0 Å². The molecule has 5 nitrogen and oxygen atoms in total. The molecule has 0 aromatic heterocycles. The van der Waals surface area contributed by atoms with Crippen LogP contribution >= 0.6 is 46.4 Å². The average molecular weight is 494 g/mol. The topological polar surface area (TPSA) is 94.8 Å². The lowest BCUT2D eigenvalue weighted by molar-refractivity contribution is 0.439. The van der Waals surface area contributed by atoms with Gasteiger partial charge in [0.05, 0.1) is 20.1 Å². The van der Waals surface area contributed by atoms with Crippen LogP contribution in [-0.4, -0.2) is 23.2 Å². The molecule has 0 aliphatic rings.